The average molecular weight is 455 g/mol. The smallest absolute Gasteiger partial charge is 0.261 e. The molecule has 172 valence electrons. The minimum absolute atomic E-state index is 0.0656. The summed E-state index contributed by atoms with van der Waals surface area (Å²) in [5, 5.41) is 2.36. The second-order valence-electron chi connectivity index (χ2n) is 9.78. The molecule has 0 aliphatic carbocycles. The molecule has 32 heavy (non-hydrogen) atoms. The van der Waals surface area contributed by atoms with E-state index in [1.54, 1.807) is 7.11 Å². The fraction of sp³-hybridized carbons (Fsp3) is 0.500. The van der Waals surface area contributed by atoms with E-state index < -0.39 is 8.32 Å². The molecule has 2 aromatic carbocycles. The zero-order valence-corrected chi connectivity index (χ0v) is 20.4. The van der Waals surface area contributed by atoms with Gasteiger partial charge in [-0.25, -0.2) is 0 Å². The van der Waals surface area contributed by atoms with Crippen molar-refractivity contribution in [2.24, 2.45) is 11.8 Å². The largest absolute Gasteiger partial charge is 0.405 e. The van der Waals surface area contributed by atoms with Gasteiger partial charge in [-0.2, -0.15) is 0 Å². The summed E-state index contributed by atoms with van der Waals surface area (Å²) >= 11 is 0. The van der Waals surface area contributed by atoms with Crippen LogP contribution in [0.3, 0.4) is 0 Å². The van der Waals surface area contributed by atoms with Crippen LogP contribution >= 0.6 is 0 Å². The zero-order chi connectivity index (χ0) is 22.8. The second kappa shape index (κ2) is 9.57. The summed E-state index contributed by atoms with van der Waals surface area (Å²) in [5.74, 6) is 0.216. The van der Waals surface area contributed by atoms with Gasteiger partial charge in [0.15, 0.2) is 12.6 Å². The van der Waals surface area contributed by atoms with E-state index in [1.807, 2.05) is 12.1 Å². The minimum Gasteiger partial charge on any atom is -0.405 e. The molecule has 5 atom stereocenters. The number of hydrogen-bond acceptors (Lipinski definition) is 5. The fourth-order valence-corrected chi connectivity index (χ4v) is 9.99. The number of aldehydes is 1. The van der Waals surface area contributed by atoms with Gasteiger partial charge in [0, 0.05) is 31.8 Å². The molecule has 0 saturated carbocycles. The van der Waals surface area contributed by atoms with Gasteiger partial charge in [0.2, 0.25) is 0 Å². The normalized spacial score (nSPS) is 27.9. The molecule has 0 aromatic heterocycles. The van der Waals surface area contributed by atoms with Gasteiger partial charge in [0.1, 0.15) is 6.29 Å². The molecule has 4 rings (SSSR count). The van der Waals surface area contributed by atoms with Gasteiger partial charge in [0.05, 0.1) is 12.7 Å². The third kappa shape index (κ3) is 4.22. The average Bonchev–Trinajstić information content (AvgIpc) is 3.33. The first kappa shape index (κ1) is 23.3. The van der Waals surface area contributed by atoms with Gasteiger partial charge in [-0.05, 0) is 15.4 Å². The molecule has 2 aromatic rings. The molecule has 2 fully saturated rings. The van der Waals surface area contributed by atoms with E-state index in [4.69, 9.17) is 18.6 Å². The molecule has 2 heterocycles. The summed E-state index contributed by atoms with van der Waals surface area (Å²) in [6.07, 6.45) is 1.39. The van der Waals surface area contributed by atoms with Crippen LogP contribution in [0.4, 0.5) is 0 Å². The molecule has 0 spiro atoms. The van der Waals surface area contributed by atoms with E-state index in [1.165, 1.54) is 10.4 Å². The zero-order valence-electron chi connectivity index (χ0n) is 19.4. The predicted octanol–water partition coefficient (Wildman–Crippen LogP) is 3.50. The second-order valence-corrected chi connectivity index (χ2v) is 14.1. The topological polar surface area (TPSA) is 54.0 Å². The SMILES string of the molecule is CO[C@H]1C[C@H]2[C@@H](O1)O[C@H](CO[Si](c1ccccc1)(c1ccccc1)C(C)(C)C)[C@H]2CC=O. The van der Waals surface area contributed by atoms with Gasteiger partial charge >= 0.3 is 0 Å². The number of methoxy groups -OCH3 is 1. The Bertz CT molecular complexity index is 843. The molecule has 0 radical (unpaired) electrons. The van der Waals surface area contributed by atoms with E-state index in [2.05, 4.69) is 69.3 Å². The van der Waals surface area contributed by atoms with Crippen molar-refractivity contribution < 1.29 is 23.4 Å². The lowest BCUT2D eigenvalue weighted by molar-refractivity contribution is -0.203. The van der Waals surface area contributed by atoms with E-state index >= 15 is 0 Å². The Balaban J connectivity index is 1.66. The van der Waals surface area contributed by atoms with Crippen LogP contribution in [0.25, 0.3) is 0 Å². The Kier molecular flexibility index (Phi) is 6.98. The van der Waals surface area contributed by atoms with Crippen molar-refractivity contribution in [3.63, 3.8) is 0 Å². The molecule has 2 aliphatic rings. The Labute approximate surface area is 192 Å². The summed E-state index contributed by atoms with van der Waals surface area (Å²) in [6, 6.07) is 21.2. The number of rotatable bonds is 8. The Morgan fingerprint density at radius 2 is 1.59 bits per heavy atom. The summed E-state index contributed by atoms with van der Waals surface area (Å²) in [6.45, 7) is 7.22. The summed E-state index contributed by atoms with van der Waals surface area (Å²) < 4.78 is 24.6. The van der Waals surface area contributed by atoms with Crippen LogP contribution in [0.1, 0.15) is 33.6 Å². The number of hydrogen-bond donors (Lipinski definition) is 0. The maximum Gasteiger partial charge on any atom is 0.261 e. The van der Waals surface area contributed by atoms with Crippen molar-refractivity contribution >= 4 is 25.0 Å². The van der Waals surface area contributed by atoms with Crippen LogP contribution in [0.2, 0.25) is 5.04 Å². The predicted molar refractivity (Wildman–Crippen MR) is 126 cm³/mol. The van der Waals surface area contributed by atoms with Gasteiger partial charge in [0.25, 0.3) is 8.32 Å². The summed E-state index contributed by atoms with van der Waals surface area (Å²) in [7, 11) is -1.02. The molecule has 5 nitrogen and oxygen atoms in total. The maximum absolute atomic E-state index is 11.5. The highest BCUT2D eigenvalue weighted by Crippen LogP contribution is 2.45. The van der Waals surface area contributed by atoms with Crippen molar-refractivity contribution in [1.29, 1.82) is 0 Å². The van der Waals surface area contributed by atoms with Crippen LogP contribution in [0, 0.1) is 11.8 Å². The highest BCUT2D eigenvalue weighted by atomic mass is 28.4. The van der Waals surface area contributed by atoms with Crippen LogP contribution < -0.4 is 10.4 Å². The Morgan fingerprint density at radius 3 is 2.09 bits per heavy atom. The lowest BCUT2D eigenvalue weighted by atomic mass is 9.86. The van der Waals surface area contributed by atoms with Crippen LogP contribution in [0.15, 0.2) is 60.7 Å². The van der Waals surface area contributed by atoms with E-state index in [0.717, 1.165) is 12.7 Å². The van der Waals surface area contributed by atoms with Crippen molar-refractivity contribution in [3.05, 3.63) is 60.7 Å². The maximum atomic E-state index is 11.5. The van der Waals surface area contributed by atoms with Crippen LogP contribution in [-0.2, 0) is 23.4 Å². The third-order valence-electron chi connectivity index (χ3n) is 6.95. The van der Waals surface area contributed by atoms with Crippen molar-refractivity contribution in [3.8, 4) is 0 Å². The first-order valence-corrected chi connectivity index (χ1v) is 13.3. The fourth-order valence-electron chi connectivity index (χ4n) is 5.42. The lowest BCUT2D eigenvalue weighted by Gasteiger charge is -2.43. The van der Waals surface area contributed by atoms with E-state index in [0.29, 0.717) is 13.0 Å². The molecule has 2 aliphatic heterocycles. The van der Waals surface area contributed by atoms with Gasteiger partial charge in [-0.15, -0.1) is 0 Å². The van der Waals surface area contributed by atoms with Crippen molar-refractivity contribution in [1.82, 2.24) is 0 Å². The monoisotopic (exact) mass is 454 g/mol. The molecule has 0 bridgehead atoms. The number of carbonyl (C=O) groups is 1. The van der Waals surface area contributed by atoms with Crippen LogP contribution in [-0.4, -0.2) is 47.0 Å². The number of fused-ring (bicyclic) bond motifs is 1. The minimum atomic E-state index is -2.66. The first-order chi connectivity index (χ1) is 15.4. The highest BCUT2D eigenvalue weighted by Gasteiger charge is 2.54. The van der Waals surface area contributed by atoms with Crippen LogP contribution in [0.5, 0.6) is 0 Å². The lowest BCUT2D eigenvalue weighted by Crippen LogP contribution is -2.67. The molecule has 0 unspecified atom stereocenters. The van der Waals surface area contributed by atoms with Crippen molar-refractivity contribution in [2.45, 2.75) is 57.3 Å². The third-order valence-corrected chi connectivity index (χ3v) is 12.0. The molecular weight excluding hydrogens is 420 g/mol. The highest BCUT2D eigenvalue weighted by molar-refractivity contribution is 6.99. The van der Waals surface area contributed by atoms with Gasteiger partial charge in [-0.1, -0.05) is 81.4 Å². The van der Waals surface area contributed by atoms with Gasteiger partial charge in [-0.3, -0.25) is 0 Å². The Morgan fingerprint density at radius 1 is 1.00 bits per heavy atom. The number of benzene rings is 2. The standard InChI is InChI=1S/C26H34O5Si/c1-26(2,3)32(19-11-7-5-8-12-19,20-13-9-6-10-14-20)29-18-23-21(15-16-27)22-17-24(28-4)31-25(22)30-23/h5-14,16,21-25H,15,17-18H2,1-4H3/t21-,22+,23+,24+,25+/m0/s1. The molecule has 2 saturated heterocycles. The Hall–Kier alpha value is -1.83. The molecule has 6 heteroatoms. The first-order valence-electron chi connectivity index (χ1n) is 11.4. The molecular formula is C26H34O5Si. The number of ether oxygens (including phenoxy) is 3. The van der Waals surface area contributed by atoms with E-state index in [9.17, 15) is 4.79 Å². The van der Waals surface area contributed by atoms with Crippen molar-refractivity contribution in [2.75, 3.05) is 13.7 Å². The summed E-state index contributed by atoms with van der Waals surface area (Å²) in [5.41, 5.74) is 0. The molecule has 0 N–H and O–H groups in total. The number of carbonyl (C=O) groups excluding carboxylic acids is 1. The molecule has 0 amide bonds. The quantitative estimate of drug-likeness (QED) is 0.451. The van der Waals surface area contributed by atoms with Gasteiger partial charge < -0.3 is 23.4 Å². The summed E-state index contributed by atoms with van der Waals surface area (Å²) in [4.78, 5) is 11.5. The van der Waals surface area contributed by atoms with E-state index in [-0.39, 0.29) is 35.6 Å².